The topological polar surface area (TPSA) is 55.1 Å². The van der Waals surface area contributed by atoms with Gasteiger partial charge in [0.15, 0.2) is 0 Å². The van der Waals surface area contributed by atoms with Gasteiger partial charge in [0.05, 0.1) is 5.69 Å². The fourth-order valence-corrected chi connectivity index (χ4v) is 1.78. The van der Waals surface area contributed by atoms with Gasteiger partial charge in [-0.3, -0.25) is 4.68 Å². The Morgan fingerprint density at radius 1 is 1.75 bits per heavy atom. The SMILES string of the molecule is CCc1c(C(=O)O)c(Br)nn1C. The summed E-state index contributed by atoms with van der Waals surface area (Å²) >= 11 is 3.10. The van der Waals surface area contributed by atoms with Gasteiger partial charge in [-0.2, -0.15) is 5.10 Å². The standard InChI is InChI=1S/C7H9BrN2O2/c1-3-4-5(7(11)12)6(8)9-10(4)2/h3H2,1-2H3,(H,11,12). The third-order valence-electron chi connectivity index (χ3n) is 1.67. The van der Waals surface area contributed by atoms with E-state index in [1.807, 2.05) is 6.92 Å². The molecular formula is C7H9BrN2O2. The van der Waals surface area contributed by atoms with Crippen LogP contribution in [-0.4, -0.2) is 20.9 Å². The van der Waals surface area contributed by atoms with Crippen LogP contribution in [0.25, 0.3) is 0 Å². The molecule has 0 saturated heterocycles. The highest BCUT2D eigenvalue weighted by Crippen LogP contribution is 2.19. The maximum absolute atomic E-state index is 10.7. The first-order chi connectivity index (χ1) is 5.57. The van der Waals surface area contributed by atoms with E-state index in [1.54, 1.807) is 11.7 Å². The molecule has 0 spiro atoms. The minimum atomic E-state index is -0.938. The van der Waals surface area contributed by atoms with Crippen molar-refractivity contribution >= 4 is 21.9 Å². The molecule has 5 heteroatoms. The van der Waals surface area contributed by atoms with E-state index in [0.717, 1.165) is 5.69 Å². The number of hydrogen-bond donors (Lipinski definition) is 1. The van der Waals surface area contributed by atoms with E-state index in [9.17, 15) is 4.79 Å². The third kappa shape index (κ3) is 1.36. The fourth-order valence-electron chi connectivity index (χ4n) is 1.14. The van der Waals surface area contributed by atoms with Gasteiger partial charge in [-0.05, 0) is 22.4 Å². The summed E-state index contributed by atoms with van der Waals surface area (Å²) < 4.78 is 1.97. The van der Waals surface area contributed by atoms with E-state index in [4.69, 9.17) is 5.11 Å². The molecule has 1 aromatic rings. The molecule has 0 unspecified atom stereocenters. The van der Waals surface area contributed by atoms with Crippen LogP contribution in [0.2, 0.25) is 0 Å². The van der Waals surface area contributed by atoms with Gasteiger partial charge in [0.1, 0.15) is 10.2 Å². The number of carbonyl (C=O) groups is 1. The van der Waals surface area contributed by atoms with Gasteiger partial charge in [-0.1, -0.05) is 6.92 Å². The molecular weight excluding hydrogens is 224 g/mol. The average Bonchev–Trinajstić information content (AvgIpc) is 2.24. The number of carboxylic acids is 1. The number of nitrogens with zero attached hydrogens (tertiary/aromatic N) is 2. The van der Waals surface area contributed by atoms with Crippen LogP contribution in [-0.2, 0) is 13.5 Å². The van der Waals surface area contributed by atoms with E-state index in [2.05, 4.69) is 21.0 Å². The Hall–Kier alpha value is -0.840. The van der Waals surface area contributed by atoms with E-state index in [-0.39, 0.29) is 5.56 Å². The van der Waals surface area contributed by atoms with Crippen molar-refractivity contribution in [3.05, 3.63) is 15.9 Å². The maximum atomic E-state index is 10.7. The molecule has 0 aliphatic carbocycles. The van der Waals surface area contributed by atoms with Gasteiger partial charge >= 0.3 is 5.97 Å². The molecule has 0 fully saturated rings. The van der Waals surface area contributed by atoms with Crippen molar-refractivity contribution in [2.24, 2.45) is 7.05 Å². The Balaban J connectivity index is 3.32. The van der Waals surface area contributed by atoms with Gasteiger partial charge < -0.3 is 5.11 Å². The van der Waals surface area contributed by atoms with Crippen molar-refractivity contribution in [3.8, 4) is 0 Å². The zero-order valence-corrected chi connectivity index (χ0v) is 8.42. The molecule has 0 aliphatic rings. The van der Waals surface area contributed by atoms with Crippen LogP contribution in [0.15, 0.2) is 4.60 Å². The molecule has 1 rings (SSSR count). The lowest BCUT2D eigenvalue weighted by atomic mass is 10.2. The van der Waals surface area contributed by atoms with E-state index in [1.165, 1.54) is 0 Å². The predicted molar refractivity (Wildman–Crippen MR) is 47.2 cm³/mol. The molecule has 0 bridgehead atoms. The number of aromatic carboxylic acids is 1. The van der Waals surface area contributed by atoms with Gasteiger partial charge in [0.25, 0.3) is 0 Å². The van der Waals surface area contributed by atoms with E-state index >= 15 is 0 Å². The number of rotatable bonds is 2. The second-order valence-corrected chi connectivity index (χ2v) is 3.15. The van der Waals surface area contributed by atoms with Crippen molar-refractivity contribution in [2.45, 2.75) is 13.3 Å². The Morgan fingerprint density at radius 2 is 2.33 bits per heavy atom. The number of carboxylic acid groups (broad SMARTS) is 1. The van der Waals surface area contributed by atoms with Crippen molar-refractivity contribution in [1.29, 1.82) is 0 Å². The monoisotopic (exact) mass is 232 g/mol. The molecule has 66 valence electrons. The zero-order valence-electron chi connectivity index (χ0n) is 6.83. The van der Waals surface area contributed by atoms with Crippen LogP contribution in [0.3, 0.4) is 0 Å². The zero-order chi connectivity index (χ0) is 9.30. The maximum Gasteiger partial charge on any atom is 0.340 e. The molecule has 1 heterocycles. The summed E-state index contributed by atoms with van der Waals surface area (Å²) in [6, 6.07) is 0. The highest BCUT2D eigenvalue weighted by molar-refractivity contribution is 9.10. The quantitative estimate of drug-likeness (QED) is 0.840. The van der Waals surface area contributed by atoms with Crippen molar-refractivity contribution < 1.29 is 9.90 Å². The van der Waals surface area contributed by atoms with E-state index < -0.39 is 5.97 Å². The Bertz CT molecular complexity index is 319. The second-order valence-electron chi connectivity index (χ2n) is 2.39. The number of aryl methyl sites for hydroxylation is 1. The van der Waals surface area contributed by atoms with Crippen LogP contribution in [0.4, 0.5) is 0 Å². The fraction of sp³-hybridized carbons (Fsp3) is 0.429. The third-order valence-corrected chi connectivity index (χ3v) is 2.23. The van der Waals surface area contributed by atoms with Crippen LogP contribution in [0, 0.1) is 0 Å². The lowest BCUT2D eigenvalue weighted by molar-refractivity contribution is 0.0694. The summed E-state index contributed by atoms with van der Waals surface area (Å²) in [5.74, 6) is -0.938. The van der Waals surface area contributed by atoms with Gasteiger partial charge in [0.2, 0.25) is 0 Å². The lowest BCUT2D eigenvalue weighted by Gasteiger charge is -1.97. The number of halogens is 1. The average molecular weight is 233 g/mol. The number of hydrogen-bond acceptors (Lipinski definition) is 2. The highest BCUT2D eigenvalue weighted by atomic mass is 79.9. The summed E-state index contributed by atoms with van der Waals surface area (Å²) in [6.45, 7) is 1.90. The van der Waals surface area contributed by atoms with Crippen LogP contribution in [0.1, 0.15) is 23.0 Å². The minimum Gasteiger partial charge on any atom is -0.478 e. The Morgan fingerprint density at radius 3 is 2.67 bits per heavy atom. The molecule has 1 N–H and O–H groups in total. The van der Waals surface area contributed by atoms with Crippen LogP contribution in [0.5, 0.6) is 0 Å². The summed E-state index contributed by atoms with van der Waals surface area (Å²) in [5, 5.41) is 12.8. The molecule has 0 atom stereocenters. The predicted octanol–water partition coefficient (Wildman–Crippen LogP) is 1.44. The first-order valence-electron chi connectivity index (χ1n) is 3.52. The highest BCUT2D eigenvalue weighted by Gasteiger charge is 2.18. The minimum absolute atomic E-state index is 0.264. The van der Waals surface area contributed by atoms with Crippen molar-refractivity contribution in [1.82, 2.24) is 9.78 Å². The summed E-state index contributed by atoms with van der Waals surface area (Å²) in [5.41, 5.74) is 0.995. The second kappa shape index (κ2) is 3.26. The smallest absolute Gasteiger partial charge is 0.340 e. The molecule has 0 saturated carbocycles. The first kappa shape index (κ1) is 9.25. The molecule has 0 aromatic carbocycles. The van der Waals surface area contributed by atoms with E-state index in [0.29, 0.717) is 11.0 Å². The van der Waals surface area contributed by atoms with Gasteiger partial charge in [0, 0.05) is 7.05 Å². The molecule has 1 aromatic heterocycles. The van der Waals surface area contributed by atoms with Crippen molar-refractivity contribution in [3.63, 3.8) is 0 Å². The van der Waals surface area contributed by atoms with Gasteiger partial charge in [-0.25, -0.2) is 4.79 Å². The molecule has 0 amide bonds. The summed E-state index contributed by atoms with van der Waals surface area (Å²) in [6.07, 6.45) is 0.663. The normalized spacial score (nSPS) is 10.2. The van der Waals surface area contributed by atoms with Gasteiger partial charge in [-0.15, -0.1) is 0 Å². The number of aromatic nitrogens is 2. The van der Waals surface area contributed by atoms with Crippen LogP contribution >= 0.6 is 15.9 Å². The molecule has 12 heavy (non-hydrogen) atoms. The Kier molecular flexibility index (Phi) is 2.52. The largest absolute Gasteiger partial charge is 0.478 e. The molecule has 0 radical (unpaired) electrons. The first-order valence-corrected chi connectivity index (χ1v) is 4.31. The molecule has 0 aliphatic heterocycles. The Labute approximate surface area is 78.3 Å². The summed E-state index contributed by atoms with van der Waals surface area (Å²) in [7, 11) is 1.73. The summed E-state index contributed by atoms with van der Waals surface area (Å²) in [4.78, 5) is 10.7. The van der Waals surface area contributed by atoms with Crippen LogP contribution < -0.4 is 0 Å². The molecule has 4 nitrogen and oxygen atoms in total. The van der Waals surface area contributed by atoms with Crippen molar-refractivity contribution in [2.75, 3.05) is 0 Å². The lowest BCUT2D eigenvalue weighted by Crippen LogP contribution is -2.03.